The van der Waals surface area contributed by atoms with Crippen LogP contribution in [0.15, 0.2) is 24.3 Å². The van der Waals surface area contributed by atoms with Gasteiger partial charge in [-0.2, -0.15) is 0 Å². The van der Waals surface area contributed by atoms with Crippen molar-refractivity contribution in [1.82, 2.24) is 15.5 Å². The largest absolute Gasteiger partial charge is 0.391 e. The van der Waals surface area contributed by atoms with Crippen molar-refractivity contribution in [2.75, 3.05) is 6.54 Å². The number of amides is 3. The van der Waals surface area contributed by atoms with Crippen molar-refractivity contribution in [3.8, 4) is 0 Å². The van der Waals surface area contributed by atoms with Crippen LogP contribution in [-0.2, 0) is 20.8 Å². The van der Waals surface area contributed by atoms with Crippen LogP contribution >= 0.6 is 0 Å². The molecule has 1 aromatic carbocycles. The van der Waals surface area contributed by atoms with Gasteiger partial charge in [0.1, 0.15) is 12.1 Å². The number of aliphatic hydroxyl groups is 1. The average Bonchev–Trinajstić information content (AvgIpc) is 3.24. The van der Waals surface area contributed by atoms with Gasteiger partial charge in [-0.05, 0) is 49.1 Å². The van der Waals surface area contributed by atoms with Gasteiger partial charge in [0.25, 0.3) is 0 Å². The number of rotatable bonds is 6. The quantitative estimate of drug-likeness (QED) is 0.615. The lowest BCUT2D eigenvalue weighted by molar-refractivity contribution is -0.143. The Morgan fingerprint density at radius 1 is 1.09 bits per heavy atom. The van der Waals surface area contributed by atoms with Crippen LogP contribution in [0.5, 0.6) is 0 Å². The van der Waals surface area contributed by atoms with Crippen LogP contribution in [-0.4, -0.2) is 52.5 Å². The lowest BCUT2D eigenvalue weighted by atomic mass is 9.83. The Hall–Kier alpha value is -2.41. The van der Waals surface area contributed by atoms with Crippen molar-refractivity contribution in [2.45, 2.75) is 88.9 Å². The van der Waals surface area contributed by atoms with Crippen LogP contribution in [0, 0.1) is 12.3 Å². The molecule has 1 heterocycles. The molecule has 179 valence electrons. The molecule has 0 bridgehead atoms. The van der Waals surface area contributed by atoms with Crippen LogP contribution in [0.3, 0.4) is 0 Å². The molecular weight excluding hydrogens is 418 g/mol. The van der Waals surface area contributed by atoms with Crippen LogP contribution in [0.4, 0.5) is 0 Å². The van der Waals surface area contributed by atoms with Gasteiger partial charge in [-0.1, -0.05) is 50.5 Å². The van der Waals surface area contributed by atoms with Gasteiger partial charge < -0.3 is 20.6 Å². The van der Waals surface area contributed by atoms with Crippen molar-refractivity contribution in [1.29, 1.82) is 0 Å². The second-order valence-electron chi connectivity index (χ2n) is 9.72. The van der Waals surface area contributed by atoms with Gasteiger partial charge in [0.15, 0.2) is 0 Å². The molecule has 7 nitrogen and oxygen atoms in total. The summed E-state index contributed by atoms with van der Waals surface area (Å²) in [5.74, 6) is -0.699. The first kappa shape index (κ1) is 23.7. The van der Waals surface area contributed by atoms with Crippen LogP contribution in [0.1, 0.15) is 75.5 Å². The smallest absolute Gasteiger partial charge is 0.246 e. The minimum Gasteiger partial charge on any atom is -0.391 e. The number of nitrogens with one attached hydrogen (secondary N) is 2. The lowest BCUT2D eigenvalue weighted by Crippen LogP contribution is -2.56. The van der Waals surface area contributed by atoms with Gasteiger partial charge in [0, 0.05) is 19.4 Å². The van der Waals surface area contributed by atoms with Gasteiger partial charge in [-0.15, -0.1) is 0 Å². The van der Waals surface area contributed by atoms with Crippen molar-refractivity contribution in [2.24, 2.45) is 5.92 Å². The molecule has 1 aromatic rings. The number of carbonyl (C=O) groups excluding carboxylic acids is 3. The standard InChI is InChI=1S/C26H36N3O4/c1-2-23(31)28-24(18-10-4-3-5-11-18)26(33)29-16-19(30)15-22(29)25(32)27-21-14-8-12-17-9-6-7-13-20(17)21/h2,6-7,9,13,18-19,21-22,24,30H,3-5,8,10-12,14-16H2,1H3,(H,27,32)(H,28,31)/t19-,21-,22+,24+/m1/s1. The van der Waals surface area contributed by atoms with Crippen molar-refractivity contribution in [3.63, 3.8) is 0 Å². The zero-order valence-electron chi connectivity index (χ0n) is 19.5. The number of aryl methyl sites for hydroxylation is 1. The summed E-state index contributed by atoms with van der Waals surface area (Å²) in [6.07, 6.45) is 8.74. The molecule has 0 spiro atoms. The van der Waals surface area contributed by atoms with Crippen molar-refractivity contribution in [3.05, 3.63) is 41.8 Å². The molecule has 33 heavy (non-hydrogen) atoms. The molecule has 4 atom stereocenters. The number of aliphatic hydroxyl groups excluding tert-OH is 1. The summed E-state index contributed by atoms with van der Waals surface area (Å²) in [7, 11) is 0. The van der Waals surface area contributed by atoms with E-state index in [1.54, 1.807) is 6.92 Å². The van der Waals surface area contributed by atoms with Gasteiger partial charge in [0.05, 0.1) is 12.1 Å². The highest BCUT2D eigenvalue weighted by Gasteiger charge is 2.44. The minimum absolute atomic E-state index is 0.0572. The third-order valence-electron chi connectivity index (χ3n) is 7.50. The number of β-amino-alcohol motifs (C(OH)–C–C–N with tert-alkyl or cyclic N) is 1. The van der Waals surface area contributed by atoms with E-state index < -0.39 is 18.2 Å². The Morgan fingerprint density at radius 3 is 2.61 bits per heavy atom. The van der Waals surface area contributed by atoms with Crippen LogP contribution < -0.4 is 10.6 Å². The molecule has 2 aliphatic carbocycles. The van der Waals surface area contributed by atoms with Gasteiger partial charge in [-0.25, -0.2) is 0 Å². The van der Waals surface area contributed by atoms with E-state index in [1.807, 2.05) is 12.1 Å². The number of likely N-dealkylation sites (tertiary alicyclic amines) is 1. The normalized spacial score (nSPS) is 26.4. The van der Waals surface area contributed by atoms with Gasteiger partial charge in [0.2, 0.25) is 17.7 Å². The Labute approximate surface area is 196 Å². The molecule has 3 aliphatic rings. The maximum atomic E-state index is 13.7. The van der Waals surface area contributed by atoms with Crippen LogP contribution in [0.2, 0.25) is 0 Å². The molecule has 1 saturated heterocycles. The fourth-order valence-electron chi connectivity index (χ4n) is 5.74. The van der Waals surface area contributed by atoms with Gasteiger partial charge in [-0.3, -0.25) is 14.4 Å². The third kappa shape index (κ3) is 5.40. The second-order valence-corrected chi connectivity index (χ2v) is 9.72. The molecule has 7 heteroatoms. The molecule has 1 saturated carbocycles. The number of hydrogen-bond acceptors (Lipinski definition) is 4. The number of carbonyl (C=O) groups is 3. The van der Waals surface area contributed by atoms with E-state index >= 15 is 0 Å². The second kappa shape index (κ2) is 10.7. The highest BCUT2D eigenvalue weighted by Crippen LogP contribution is 2.32. The fourth-order valence-corrected chi connectivity index (χ4v) is 5.74. The van der Waals surface area contributed by atoms with E-state index in [1.165, 1.54) is 16.9 Å². The number of fused-ring (bicyclic) bond motifs is 1. The summed E-state index contributed by atoms with van der Waals surface area (Å²) in [6, 6.07) is 6.69. The summed E-state index contributed by atoms with van der Waals surface area (Å²) >= 11 is 0. The molecule has 3 amide bonds. The van der Waals surface area contributed by atoms with E-state index in [4.69, 9.17) is 0 Å². The Morgan fingerprint density at radius 2 is 1.85 bits per heavy atom. The van der Waals surface area contributed by atoms with E-state index in [9.17, 15) is 19.5 Å². The topological polar surface area (TPSA) is 98.7 Å². The first-order chi connectivity index (χ1) is 16.0. The number of nitrogens with zero attached hydrogens (tertiary/aromatic N) is 1. The molecule has 0 aromatic heterocycles. The monoisotopic (exact) mass is 454 g/mol. The number of benzene rings is 1. The molecule has 1 aliphatic heterocycles. The molecule has 4 rings (SSSR count). The summed E-state index contributed by atoms with van der Waals surface area (Å²) in [6.45, 7) is 1.77. The maximum absolute atomic E-state index is 13.7. The summed E-state index contributed by atoms with van der Waals surface area (Å²) in [5.41, 5.74) is 2.39. The molecule has 2 fully saturated rings. The first-order valence-corrected chi connectivity index (χ1v) is 12.4. The van der Waals surface area contributed by atoms with E-state index in [-0.39, 0.29) is 42.6 Å². The van der Waals surface area contributed by atoms with Crippen molar-refractivity contribution >= 4 is 17.7 Å². The molecule has 0 unspecified atom stereocenters. The Bertz CT molecular complexity index is 867. The van der Waals surface area contributed by atoms with E-state index in [0.717, 1.165) is 56.9 Å². The highest BCUT2D eigenvalue weighted by atomic mass is 16.3. The highest BCUT2D eigenvalue weighted by molar-refractivity contribution is 5.94. The minimum atomic E-state index is -0.746. The van der Waals surface area contributed by atoms with Crippen LogP contribution in [0.25, 0.3) is 0 Å². The Kier molecular flexibility index (Phi) is 7.68. The summed E-state index contributed by atoms with van der Waals surface area (Å²) in [4.78, 5) is 40.7. The lowest BCUT2D eigenvalue weighted by Gasteiger charge is -2.35. The SMILES string of the molecule is C[CH]C(=O)N[C@H](C(=O)N1C[C@H](O)C[C@H]1C(=O)N[C@@H]1CCCc2ccccc21)C1CCCCC1. The molecule has 3 N–H and O–H groups in total. The average molecular weight is 455 g/mol. The zero-order valence-corrected chi connectivity index (χ0v) is 19.5. The third-order valence-corrected chi connectivity index (χ3v) is 7.50. The Balaban J connectivity index is 1.50. The zero-order chi connectivity index (χ0) is 23.4. The van der Waals surface area contributed by atoms with E-state index in [0.29, 0.717) is 0 Å². The summed E-state index contributed by atoms with van der Waals surface area (Å²) < 4.78 is 0. The molecular formula is C26H36N3O4. The number of hydrogen-bond donors (Lipinski definition) is 3. The predicted octanol–water partition coefficient (Wildman–Crippen LogP) is 2.43. The fraction of sp³-hybridized carbons (Fsp3) is 0.615. The first-order valence-electron chi connectivity index (χ1n) is 12.4. The summed E-state index contributed by atoms with van der Waals surface area (Å²) in [5, 5.41) is 16.4. The van der Waals surface area contributed by atoms with Gasteiger partial charge >= 0.3 is 0 Å². The van der Waals surface area contributed by atoms with Crippen molar-refractivity contribution < 1.29 is 19.5 Å². The van der Waals surface area contributed by atoms with E-state index in [2.05, 4.69) is 22.8 Å². The predicted molar refractivity (Wildman–Crippen MR) is 125 cm³/mol. The molecule has 1 radical (unpaired) electrons. The maximum Gasteiger partial charge on any atom is 0.246 e.